The van der Waals surface area contributed by atoms with Crippen LogP contribution in [0.5, 0.6) is 0 Å². The van der Waals surface area contributed by atoms with E-state index >= 15 is 8.96 Å². The van der Waals surface area contributed by atoms with Crippen molar-refractivity contribution in [2.45, 2.75) is 107 Å². The van der Waals surface area contributed by atoms with E-state index in [2.05, 4.69) is 55.4 Å². The van der Waals surface area contributed by atoms with Gasteiger partial charge in [0, 0.05) is 0 Å². The zero-order chi connectivity index (χ0) is 30.3. The Morgan fingerprint density at radius 2 is 0.619 bits per heavy atom. The molecule has 3 aromatic heterocycles. The Morgan fingerprint density at radius 1 is 0.405 bits per heavy atom. The van der Waals surface area contributed by atoms with Gasteiger partial charge in [0.2, 0.25) is 0 Å². The van der Waals surface area contributed by atoms with E-state index in [0.29, 0.717) is 47.8 Å². The molecule has 0 aliphatic carbocycles. The Kier molecular flexibility index (Phi) is 8.54. The van der Waals surface area contributed by atoms with E-state index < -0.39 is 0 Å². The molecule has 2 aliphatic heterocycles. The molecule has 0 saturated heterocycles. The van der Waals surface area contributed by atoms with Crippen LogP contribution >= 0.6 is 0 Å². The first-order chi connectivity index (χ1) is 20.3. The lowest BCUT2D eigenvalue weighted by atomic mass is 9.98. The second-order valence-corrected chi connectivity index (χ2v) is 11.1. The highest BCUT2D eigenvalue weighted by Gasteiger charge is 2.24. The van der Waals surface area contributed by atoms with Crippen molar-refractivity contribution in [1.82, 2.24) is 19.5 Å². The van der Waals surface area contributed by atoms with Gasteiger partial charge in [0.05, 0.1) is 44.8 Å². The normalized spacial score (nSPS) is 13.6. The second-order valence-electron chi connectivity index (χ2n) is 11.1. The summed E-state index contributed by atoms with van der Waals surface area (Å²) in [4.78, 5) is 11.8. The van der Waals surface area contributed by atoms with E-state index in [4.69, 9.17) is 9.97 Å². The summed E-state index contributed by atoms with van der Waals surface area (Å²) in [5, 5.41) is 0. The first kappa shape index (κ1) is 29.9. The van der Waals surface area contributed by atoms with Crippen LogP contribution in [-0.2, 0) is 25.7 Å². The largest absolute Gasteiger partial charge is 0.248 e. The molecule has 5 heterocycles. The second kappa shape index (κ2) is 12.0. The van der Waals surface area contributed by atoms with Crippen molar-refractivity contribution in [3.05, 3.63) is 69.3 Å². The molecule has 0 saturated carbocycles. The highest BCUT2D eigenvalue weighted by Crippen LogP contribution is 2.39. The Bertz CT molecular complexity index is 1530. The molecule has 0 unspecified atom stereocenters. The van der Waals surface area contributed by atoms with Crippen LogP contribution in [0.1, 0.15) is 126 Å². The third-order valence-electron chi connectivity index (χ3n) is 9.18. The van der Waals surface area contributed by atoms with Crippen LogP contribution in [0.15, 0.2) is 24.3 Å². The van der Waals surface area contributed by atoms with Crippen molar-refractivity contribution >= 4 is 44.4 Å². The summed E-state index contributed by atoms with van der Waals surface area (Å²) < 4.78 is 33.0. The molecule has 4 nitrogen and oxygen atoms in total. The van der Waals surface area contributed by atoms with Crippen molar-refractivity contribution in [2.75, 3.05) is 0 Å². The predicted octanol–water partition coefficient (Wildman–Crippen LogP) is 10.4. The third kappa shape index (κ3) is 4.54. The van der Waals surface area contributed by atoms with Gasteiger partial charge in [-0.05, 0) is 120 Å². The highest BCUT2D eigenvalue weighted by atomic mass is 19.2. The maximum absolute atomic E-state index is 16.5. The number of halogens is 2. The van der Waals surface area contributed by atoms with Gasteiger partial charge in [-0.25, -0.2) is 9.97 Å². The molecule has 0 atom stereocenters. The van der Waals surface area contributed by atoms with Crippen LogP contribution < -0.4 is 0 Å². The van der Waals surface area contributed by atoms with Gasteiger partial charge in [-0.15, -0.1) is 0 Å². The summed E-state index contributed by atoms with van der Waals surface area (Å²) in [6.07, 6.45) is 5.89. The number of hydrogen-bond acceptors (Lipinski definition) is 2. The molecule has 0 N–H and O–H groups in total. The molecule has 6 heteroatoms. The van der Waals surface area contributed by atoms with Gasteiger partial charge in [0.25, 0.3) is 0 Å². The van der Waals surface area contributed by atoms with E-state index in [1.165, 1.54) is 0 Å². The molecule has 8 bridgehead atoms. The van der Waals surface area contributed by atoms with E-state index in [0.717, 1.165) is 103 Å². The van der Waals surface area contributed by atoms with Crippen LogP contribution in [0.3, 0.4) is 0 Å². The van der Waals surface area contributed by atoms with Gasteiger partial charge < -0.3 is 0 Å². The summed E-state index contributed by atoms with van der Waals surface area (Å²) in [5.74, 6) is 0. The maximum atomic E-state index is 16.5. The fourth-order valence-corrected chi connectivity index (χ4v) is 7.23. The predicted molar refractivity (Wildman–Crippen MR) is 174 cm³/mol. The van der Waals surface area contributed by atoms with Crippen molar-refractivity contribution in [1.29, 1.82) is 0 Å². The number of fused-ring (bicyclic) bond motifs is 8. The lowest BCUT2D eigenvalue weighted by molar-refractivity contribution is 0.403. The van der Waals surface area contributed by atoms with Crippen LogP contribution in [0.25, 0.3) is 44.4 Å². The van der Waals surface area contributed by atoms with Crippen molar-refractivity contribution < 1.29 is 8.96 Å². The fraction of sp³-hybridized carbons (Fsp3) is 0.444. The Labute approximate surface area is 248 Å². The zero-order valence-corrected chi connectivity index (χ0v) is 26.5. The lowest BCUT2D eigenvalue weighted by Gasteiger charge is -2.03. The molecule has 5 rings (SSSR count). The molecule has 222 valence electrons. The molecular weight excluding hydrogens is 526 g/mol. The first-order valence-corrected chi connectivity index (χ1v) is 15.9. The zero-order valence-electron chi connectivity index (χ0n) is 26.5. The smallest absolute Gasteiger partial charge is 0.0804 e. The number of hydrogen-bond donors (Lipinski definition) is 0. The van der Waals surface area contributed by atoms with Crippen LogP contribution in [0.2, 0.25) is 0 Å². The van der Waals surface area contributed by atoms with Gasteiger partial charge >= 0.3 is 0 Å². The van der Waals surface area contributed by atoms with Crippen molar-refractivity contribution in [3.63, 3.8) is 0 Å². The summed E-state index contributed by atoms with van der Waals surface area (Å²) in [6.45, 7) is 16.8. The SMILES string of the molecule is CCC1=C(CC)c2cc3c(CC)c(CC)c(cc4nc(cc5c(CC)c(CC)c(cc1n2)n5F)C(CC)=C4CC)n3F. The van der Waals surface area contributed by atoms with E-state index in [1.807, 2.05) is 24.3 Å². The van der Waals surface area contributed by atoms with Crippen LogP contribution in [-0.4, -0.2) is 19.5 Å². The molecule has 42 heavy (non-hydrogen) atoms. The minimum atomic E-state index is 0.542. The van der Waals surface area contributed by atoms with E-state index in [-0.39, 0.29) is 0 Å². The maximum Gasteiger partial charge on any atom is 0.0804 e. The quantitative estimate of drug-likeness (QED) is 0.270. The average Bonchev–Trinajstić information content (AvgIpc) is 3.67. The topological polar surface area (TPSA) is 35.6 Å². The summed E-state index contributed by atoms with van der Waals surface area (Å²) in [6, 6.07) is 7.63. The fourth-order valence-electron chi connectivity index (χ4n) is 7.23. The van der Waals surface area contributed by atoms with Crippen molar-refractivity contribution in [3.8, 4) is 0 Å². The standard InChI is InChI=1S/C36H44F2N4/c1-9-21-22(10-2)30-18-34-27(15-7)28(16-8)36(42(34)38)20-32-24(12-4)23(11-3)31(40-32)19-35-26(14-6)25(13-5)33(41(35)37)17-29(21)39-30/h17-20H,9-16H2,1-8H3. The monoisotopic (exact) mass is 570 g/mol. The Hall–Kier alpha value is -3.54. The molecule has 0 aromatic carbocycles. The minimum Gasteiger partial charge on any atom is -0.248 e. The minimum absolute atomic E-state index is 0.542. The lowest BCUT2D eigenvalue weighted by Crippen LogP contribution is -1.87. The number of rotatable bonds is 8. The van der Waals surface area contributed by atoms with E-state index in [9.17, 15) is 0 Å². The van der Waals surface area contributed by atoms with Gasteiger partial charge in [-0.2, -0.15) is 9.58 Å². The average molecular weight is 571 g/mol. The molecule has 0 radical (unpaired) electrons. The number of allylic oxidation sites excluding steroid dienone is 4. The summed E-state index contributed by atoms with van der Waals surface area (Å²) >= 11 is 0. The molecule has 2 aliphatic rings. The Morgan fingerprint density at radius 3 is 0.786 bits per heavy atom. The molecule has 0 fully saturated rings. The summed E-state index contributed by atoms with van der Waals surface area (Å²) in [5.41, 5.74) is 13.6. The van der Waals surface area contributed by atoms with Crippen LogP contribution in [0, 0.1) is 0 Å². The van der Waals surface area contributed by atoms with Gasteiger partial charge in [0.1, 0.15) is 0 Å². The third-order valence-corrected chi connectivity index (χ3v) is 9.18. The number of aromatic nitrogens is 4. The van der Waals surface area contributed by atoms with Gasteiger partial charge in [0.15, 0.2) is 0 Å². The summed E-state index contributed by atoms with van der Waals surface area (Å²) in [7, 11) is 0. The van der Waals surface area contributed by atoms with E-state index in [1.54, 1.807) is 0 Å². The van der Waals surface area contributed by atoms with Crippen molar-refractivity contribution in [2.24, 2.45) is 0 Å². The van der Waals surface area contributed by atoms with Crippen LogP contribution in [0.4, 0.5) is 8.96 Å². The van der Waals surface area contributed by atoms with Gasteiger partial charge in [-0.3, -0.25) is 0 Å². The number of nitrogens with zero attached hydrogens (tertiary/aromatic N) is 4. The number of aryl methyl sites for hydroxylation is 4. The molecule has 0 spiro atoms. The molecule has 3 aromatic rings. The Balaban J connectivity index is 2.10. The van der Waals surface area contributed by atoms with Gasteiger partial charge in [-0.1, -0.05) is 64.4 Å². The molecule has 0 amide bonds. The first-order valence-electron chi connectivity index (χ1n) is 15.9. The molecular formula is C36H44F2N4. The highest BCUT2D eigenvalue weighted by molar-refractivity contribution is 5.95.